The minimum absolute atomic E-state index is 0.184. The van der Waals surface area contributed by atoms with E-state index >= 15 is 0 Å². The van der Waals surface area contributed by atoms with Gasteiger partial charge in [0.25, 0.3) is 0 Å². The maximum atomic E-state index is 12.6. The number of benzene rings is 2. The molecule has 1 fully saturated rings. The van der Waals surface area contributed by atoms with Crippen LogP contribution in [0.5, 0.6) is 11.5 Å². The molecule has 2 atom stereocenters. The second-order valence-electron chi connectivity index (χ2n) is 6.65. The number of fused-ring (bicyclic) bond motifs is 5. The maximum absolute atomic E-state index is 12.6. The highest BCUT2D eigenvalue weighted by Gasteiger charge is 2.42. The van der Waals surface area contributed by atoms with Crippen molar-refractivity contribution in [3.05, 3.63) is 52.5 Å². The summed E-state index contributed by atoms with van der Waals surface area (Å²) in [5.74, 6) is -0.521. The van der Waals surface area contributed by atoms with E-state index in [1.54, 1.807) is 0 Å². The van der Waals surface area contributed by atoms with Crippen molar-refractivity contribution in [1.82, 2.24) is 5.32 Å². The zero-order chi connectivity index (χ0) is 19.2. The summed E-state index contributed by atoms with van der Waals surface area (Å²) in [4.78, 5) is 13.5. The van der Waals surface area contributed by atoms with E-state index in [1.807, 2.05) is 42.5 Å². The Labute approximate surface area is 162 Å². The Balaban J connectivity index is 1.69. The van der Waals surface area contributed by atoms with Gasteiger partial charge in [0.2, 0.25) is 0 Å². The quantitative estimate of drug-likeness (QED) is 0.682. The van der Waals surface area contributed by atoms with Gasteiger partial charge in [0, 0.05) is 22.6 Å². The Morgan fingerprint density at radius 3 is 2.74 bits per heavy atom. The van der Waals surface area contributed by atoms with Crippen LogP contribution in [0.2, 0.25) is 0 Å². The zero-order valence-corrected chi connectivity index (χ0v) is 15.7. The molecule has 2 aromatic rings. The molecule has 2 aliphatic heterocycles. The van der Waals surface area contributed by atoms with E-state index in [-0.39, 0.29) is 6.04 Å². The number of carbonyl (C=O) groups excluding carboxylic acids is 1. The van der Waals surface area contributed by atoms with Crippen LogP contribution in [0.4, 0.5) is 18.9 Å². The van der Waals surface area contributed by atoms with Gasteiger partial charge in [-0.05, 0) is 37.1 Å². The smallest absolute Gasteiger partial charge is 0.455 e. The van der Waals surface area contributed by atoms with Crippen molar-refractivity contribution in [2.75, 3.05) is 11.4 Å². The molecule has 2 aromatic carbocycles. The minimum Gasteiger partial charge on any atom is -0.455 e. The number of ether oxygens (including phenoxy) is 1. The van der Waals surface area contributed by atoms with Crippen LogP contribution in [0.25, 0.3) is 0 Å². The first-order chi connectivity index (χ1) is 12.8. The van der Waals surface area contributed by atoms with Gasteiger partial charge in [0.1, 0.15) is 5.75 Å². The molecule has 1 amide bonds. The molecule has 0 radical (unpaired) electrons. The Kier molecular flexibility index (Phi) is 4.53. The Bertz CT molecular complexity index is 887. The van der Waals surface area contributed by atoms with Crippen molar-refractivity contribution >= 4 is 27.5 Å². The number of para-hydroxylation sites is 1. The van der Waals surface area contributed by atoms with Gasteiger partial charge in [0.05, 0.1) is 11.7 Å². The molecule has 27 heavy (non-hydrogen) atoms. The number of nitrogens with zero attached hydrogens (tertiary/aromatic N) is 1. The molecule has 4 nitrogen and oxygen atoms in total. The normalized spacial score (nSPS) is 21.3. The number of nitrogens with one attached hydrogen (secondary N) is 1. The summed E-state index contributed by atoms with van der Waals surface area (Å²) < 4.78 is 44.9. The van der Waals surface area contributed by atoms with E-state index in [0.717, 1.165) is 15.7 Å². The second kappa shape index (κ2) is 6.74. The molecular weight excluding hydrogens is 425 g/mol. The lowest BCUT2D eigenvalue weighted by Gasteiger charge is -2.40. The SMILES string of the molecule is O=C(N[C@@H]1CCN2c3ccc(Br)cc3Oc3ccccc3[C@H]2C1)C(F)(F)F. The lowest BCUT2D eigenvalue weighted by atomic mass is 9.91. The second-order valence-corrected chi connectivity index (χ2v) is 7.57. The summed E-state index contributed by atoms with van der Waals surface area (Å²) in [5, 5.41) is 2.14. The molecule has 1 N–H and O–H groups in total. The monoisotopic (exact) mass is 440 g/mol. The third-order valence-electron chi connectivity index (χ3n) is 4.92. The molecule has 2 aliphatic rings. The molecular formula is C19H16BrF3N2O2. The van der Waals surface area contributed by atoms with Crippen molar-refractivity contribution in [1.29, 1.82) is 0 Å². The molecule has 0 aromatic heterocycles. The van der Waals surface area contributed by atoms with Gasteiger partial charge in [-0.2, -0.15) is 13.2 Å². The van der Waals surface area contributed by atoms with Crippen LogP contribution in [-0.2, 0) is 4.79 Å². The first-order valence-electron chi connectivity index (χ1n) is 8.53. The van der Waals surface area contributed by atoms with Crippen molar-refractivity contribution in [3.63, 3.8) is 0 Å². The van der Waals surface area contributed by atoms with Crippen LogP contribution in [0.3, 0.4) is 0 Å². The first-order valence-corrected chi connectivity index (χ1v) is 9.33. The largest absolute Gasteiger partial charge is 0.471 e. The van der Waals surface area contributed by atoms with E-state index in [4.69, 9.17) is 4.74 Å². The van der Waals surface area contributed by atoms with Crippen LogP contribution in [0.1, 0.15) is 24.4 Å². The van der Waals surface area contributed by atoms with Gasteiger partial charge in [-0.25, -0.2) is 0 Å². The Morgan fingerprint density at radius 2 is 1.96 bits per heavy atom. The van der Waals surface area contributed by atoms with E-state index in [0.29, 0.717) is 30.9 Å². The lowest BCUT2D eigenvalue weighted by Crippen LogP contribution is -2.49. The highest BCUT2D eigenvalue weighted by molar-refractivity contribution is 9.10. The molecule has 0 aliphatic carbocycles. The Morgan fingerprint density at radius 1 is 1.19 bits per heavy atom. The summed E-state index contributed by atoms with van der Waals surface area (Å²) in [6.07, 6.45) is -4.08. The van der Waals surface area contributed by atoms with Gasteiger partial charge in [0.15, 0.2) is 5.75 Å². The van der Waals surface area contributed by atoms with E-state index < -0.39 is 18.1 Å². The summed E-state index contributed by atoms with van der Waals surface area (Å²) in [6.45, 7) is 0.514. The third-order valence-corrected chi connectivity index (χ3v) is 5.42. The first kappa shape index (κ1) is 18.2. The van der Waals surface area contributed by atoms with Crippen LogP contribution < -0.4 is 15.0 Å². The van der Waals surface area contributed by atoms with Gasteiger partial charge >= 0.3 is 12.1 Å². The maximum Gasteiger partial charge on any atom is 0.471 e. The predicted molar refractivity (Wildman–Crippen MR) is 98.0 cm³/mol. The fourth-order valence-corrected chi connectivity index (χ4v) is 4.06. The number of alkyl halides is 3. The summed E-state index contributed by atoms with van der Waals surface area (Å²) in [6, 6.07) is 12.5. The number of hydrogen-bond donors (Lipinski definition) is 1. The van der Waals surface area contributed by atoms with Gasteiger partial charge < -0.3 is 15.0 Å². The van der Waals surface area contributed by atoms with E-state index in [2.05, 4.69) is 26.1 Å². The minimum atomic E-state index is -4.87. The highest BCUT2D eigenvalue weighted by Crippen LogP contribution is 2.48. The van der Waals surface area contributed by atoms with Crippen molar-refractivity contribution < 1.29 is 22.7 Å². The van der Waals surface area contributed by atoms with E-state index in [1.165, 1.54) is 0 Å². The van der Waals surface area contributed by atoms with Gasteiger partial charge in [-0.1, -0.05) is 34.1 Å². The molecule has 142 valence electrons. The fraction of sp³-hybridized carbons (Fsp3) is 0.316. The molecule has 0 unspecified atom stereocenters. The van der Waals surface area contributed by atoms with Crippen LogP contribution in [0.15, 0.2) is 46.9 Å². The van der Waals surface area contributed by atoms with E-state index in [9.17, 15) is 18.0 Å². The van der Waals surface area contributed by atoms with Crippen molar-refractivity contribution in [3.8, 4) is 11.5 Å². The third kappa shape index (κ3) is 3.50. The number of carbonyl (C=O) groups is 1. The van der Waals surface area contributed by atoms with Crippen LogP contribution in [-0.4, -0.2) is 24.7 Å². The molecule has 1 saturated heterocycles. The van der Waals surface area contributed by atoms with Gasteiger partial charge in [-0.3, -0.25) is 4.79 Å². The van der Waals surface area contributed by atoms with Crippen molar-refractivity contribution in [2.24, 2.45) is 0 Å². The van der Waals surface area contributed by atoms with Crippen molar-refractivity contribution in [2.45, 2.75) is 31.1 Å². The summed E-state index contributed by atoms with van der Waals surface area (Å²) >= 11 is 3.45. The Hall–Kier alpha value is -2.22. The number of halogens is 4. The number of piperidine rings is 1. The molecule has 8 heteroatoms. The molecule has 4 rings (SSSR count). The van der Waals surface area contributed by atoms with Gasteiger partial charge in [-0.15, -0.1) is 0 Å². The standard InChI is InChI=1S/C19H16BrF3N2O2/c20-11-5-6-14-17(9-11)27-16-4-2-1-3-13(16)15-10-12(7-8-25(14)15)24-18(26)19(21,22)23/h1-6,9,12,15H,7-8,10H2,(H,24,26)/t12-,15-/m1/s1. The summed E-state index contributed by atoms with van der Waals surface area (Å²) in [5.41, 5.74) is 1.79. The molecule has 0 saturated carbocycles. The fourth-order valence-electron chi connectivity index (χ4n) is 3.72. The summed E-state index contributed by atoms with van der Waals surface area (Å²) in [7, 11) is 0. The predicted octanol–water partition coefficient (Wildman–Crippen LogP) is 4.94. The molecule has 0 spiro atoms. The molecule has 2 heterocycles. The number of rotatable bonds is 1. The molecule has 0 bridgehead atoms. The van der Waals surface area contributed by atoms with Crippen LogP contribution >= 0.6 is 15.9 Å². The highest BCUT2D eigenvalue weighted by atomic mass is 79.9. The number of anilines is 1. The average Bonchev–Trinajstić information content (AvgIpc) is 2.74. The topological polar surface area (TPSA) is 41.6 Å². The van der Waals surface area contributed by atoms with Crippen LogP contribution in [0, 0.1) is 0 Å². The number of amides is 1. The zero-order valence-electron chi connectivity index (χ0n) is 14.1. The number of hydrogen-bond acceptors (Lipinski definition) is 3. The lowest BCUT2D eigenvalue weighted by molar-refractivity contribution is -0.174. The average molecular weight is 441 g/mol.